The van der Waals surface area contributed by atoms with Crippen molar-refractivity contribution in [2.75, 3.05) is 13.2 Å². The summed E-state index contributed by atoms with van der Waals surface area (Å²) in [5.74, 6) is -4.21. The molecular formula is C20H20N4O8. The third-order valence-corrected chi connectivity index (χ3v) is 4.07. The van der Waals surface area contributed by atoms with Crippen LogP contribution in [0.25, 0.3) is 0 Å². The molecule has 2 aromatic rings. The summed E-state index contributed by atoms with van der Waals surface area (Å²) in [6.45, 7) is -1.54. The van der Waals surface area contributed by atoms with Gasteiger partial charge in [-0.25, -0.2) is 9.59 Å². The molecule has 32 heavy (non-hydrogen) atoms. The van der Waals surface area contributed by atoms with Crippen LogP contribution in [0.4, 0.5) is 11.4 Å². The first-order chi connectivity index (χ1) is 15.2. The van der Waals surface area contributed by atoms with Crippen LogP contribution in [0.15, 0.2) is 58.8 Å². The summed E-state index contributed by atoms with van der Waals surface area (Å²) in [4.78, 5) is 46.2. The van der Waals surface area contributed by atoms with Crippen molar-refractivity contribution in [2.24, 2.45) is 10.2 Å². The smallest absolute Gasteiger partial charge is 0.328 e. The van der Waals surface area contributed by atoms with Crippen LogP contribution in [0.5, 0.6) is 0 Å². The van der Waals surface area contributed by atoms with Gasteiger partial charge in [-0.15, -0.1) is 0 Å². The highest BCUT2D eigenvalue weighted by atomic mass is 16.4. The van der Waals surface area contributed by atoms with E-state index in [0.29, 0.717) is 0 Å². The number of benzene rings is 2. The lowest BCUT2D eigenvalue weighted by atomic mass is 10.1. The number of hydrogen-bond acceptors (Lipinski definition) is 8. The van der Waals surface area contributed by atoms with Crippen molar-refractivity contribution in [2.45, 2.75) is 12.1 Å². The van der Waals surface area contributed by atoms with Gasteiger partial charge in [0.25, 0.3) is 11.8 Å². The summed E-state index contributed by atoms with van der Waals surface area (Å²) in [5, 5.41) is 48.1. The highest BCUT2D eigenvalue weighted by molar-refractivity contribution is 5.98. The summed E-state index contributed by atoms with van der Waals surface area (Å²) < 4.78 is 0. The molecule has 0 aliphatic rings. The molecule has 6 N–H and O–H groups in total. The van der Waals surface area contributed by atoms with E-state index in [1.807, 2.05) is 0 Å². The van der Waals surface area contributed by atoms with E-state index in [2.05, 4.69) is 20.9 Å². The van der Waals surface area contributed by atoms with Gasteiger partial charge in [0.1, 0.15) is 0 Å². The first-order valence-electron chi connectivity index (χ1n) is 9.16. The molecule has 0 saturated heterocycles. The maximum absolute atomic E-state index is 12.2. The highest BCUT2D eigenvalue weighted by Crippen LogP contribution is 2.20. The zero-order valence-corrected chi connectivity index (χ0v) is 16.5. The molecule has 168 valence electrons. The van der Waals surface area contributed by atoms with Crippen LogP contribution in [0.2, 0.25) is 0 Å². The van der Waals surface area contributed by atoms with Crippen molar-refractivity contribution in [3.05, 3.63) is 59.7 Å². The Morgan fingerprint density at radius 3 is 1.41 bits per heavy atom. The predicted molar refractivity (Wildman–Crippen MR) is 109 cm³/mol. The molecule has 0 fully saturated rings. The number of carboxylic acid groups (broad SMARTS) is 2. The quantitative estimate of drug-likeness (QED) is 0.284. The number of nitrogens with zero attached hydrogens (tertiary/aromatic N) is 2. The molecule has 0 spiro atoms. The standard InChI is InChI=1S/C20H20N4O8/c25-9-15(19(29)30)21-17(27)11-3-1-5-13(7-11)23-24-14-6-2-4-12(8-14)18(28)22-16(10-26)20(31)32/h1-8,15-16,25-26H,9-10H2,(H,21,27)(H,22,28)(H,29,30)(H,31,32)/t15-,16-/m0/s1. The van der Waals surface area contributed by atoms with Gasteiger partial charge in [0.15, 0.2) is 12.1 Å². The number of hydrogen-bond donors (Lipinski definition) is 6. The van der Waals surface area contributed by atoms with Gasteiger partial charge >= 0.3 is 11.9 Å². The van der Waals surface area contributed by atoms with E-state index in [1.54, 1.807) is 0 Å². The molecular weight excluding hydrogens is 424 g/mol. The van der Waals surface area contributed by atoms with Gasteiger partial charge in [-0.3, -0.25) is 9.59 Å². The second-order valence-corrected chi connectivity index (χ2v) is 6.39. The van der Waals surface area contributed by atoms with E-state index in [1.165, 1.54) is 48.5 Å². The van der Waals surface area contributed by atoms with E-state index >= 15 is 0 Å². The van der Waals surface area contributed by atoms with Crippen molar-refractivity contribution < 1.29 is 39.6 Å². The van der Waals surface area contributed by atoms with Gasteiger partial charge in [0.05, 0.1) is 24.6 Å². The van der Waals surface area contributed by atoms with Gasteiger partial charge < -0.3 is 31.1 Å². The Bertz CT molecular complexity index is 958. The Morgan fingerprint density at radius 1 is 0.719 bits per heavy atom. The highest BCUT2D eigenvalue weighted by Gasteiger charge is 2.20. The molecule has 0 aliphatic carbocycles. The summed E-state index contributed by atoms with van der Waals surface area (Å²) in [6.07, 6.45) is 0. The lowest BCUT2D eigenvalue weighted by Crippen LogP contribution is -2.43. The number of azo groups is 1. The maximum Gasteiger partial charge on any atom is 0.328 e. The summed E-state index contributed by atoms with van der Waals surface area (Å²) in [6, 6.07) is 8.74. The monoisotopic (exact) mass is 444 g/mol. The first kappa shape index (κ1) is 24.1. The fourth-order valence-electron chi connectivity index (χ4n) is 2.39. The van der Waals surface area contributed by atoms with E-state index in [4.69, 9.17) is 20.4 Å². The Balaban J connectivity index is 2.13. The zero-order chi connectivity index (χ0) is 23.7. The largest absolute Gasteiger partial charge is 0.480 e. The van der Waals surface area contributed by atoms with Gasteiger partial charge in [-0.05, 0) is 36.4 Å². The number of nitrogens with one attached hydrogen (secondary N) is 2. The molecule has 12 nitrogen and oxygen atoms in total. The van der Waals surface area contributed by atoms with Crippen molar-refractivity contribution >= 4 is 35.1 Å². The molecule has 0 bridgehead atoms. The third kappa shape index (κ3) is 6.68. The number of carbonyl (C=O) groups is 4. The van der Waals surface area contributed by atoms with Gasteiger partial charge in [0.2, 0.25) is 0 Å². The number of aliphatic hydroxyl groups is 2. The number of aliphatic hydroxyl groups excluding tert-OH is 2. The lowest BCUT2D eigenvalue weighted by Gasteiger charge is -2.11. The van der Waals surface area contributed by atoms with Gasteiger partial charge in [0, 0.05) is 11.1 Å². The average molecular weight is 444 g/mol. The van der Waals surface area contributed by atoms with E-state index in [0.717, 1.165) is 0 Å². The van der Waals surface area contributed by atoms with Crippen LogP contribution >= 0.6 is 0 Å². The minimum atomic E-state index is -1.45. The summed E-state index contributed by atoms with van der Waals surface area (Å²) >= 11 is 0. The van der Waals surface area contributed by atoms with E-state index in [9.17, 15) is 19.2 Å². The Hall–Kier alpha value is -4.16. The van der Waals surface area contributed by atoms with Crippen LogP contribution in [0, 0.1) is 0 Å². The van der Waals surface area contributed by atoms with Crippen LogP contribution in [0.1, 0.15) is 20.7 Å². The van der Waals surface area contributed by atoms with Gasteiger partial charge in [-0.1, -0.05) is 12.1 Å². The van der Waals surface area contributed by atoms with Crippen molar-refractivity contribution in [1.82, 2.24) is 10.6 Å². The Morgan fingerprint density at radius 2 is 1.09 bits per heavy atom. The number of rotatable bonds is 10. The lowest BCUT2D eigenvalue weighted by molar-refractivity contribution is -0.141. The number of carbonyl (C=O) groups excluding carboxylic acids is 2. The second kappa shape index (κ2) is 11.3. The second-order valence-electron chi connectivity index (χ2n) is 6.39. The molecule has 2 rings (SSSR count). The normalized spacial score (nSPS) is 12.7. The summed E-state index contributed by atoms with van der Waals surface area (Å²) in [7, 11) is 0. The molecule has 2 amide bonds. The fraction of sp³-hybridized carbons (Fsp3) is 0.200. The minimum absolute atomic E-state index is 0.0954. The third-order valence-electron chi connectivity index (χ3n) is 4.07. The van der Waals surface area contributed by atoms with E-state index in [-0.39, 0.29) is 22.5 Å². The molecule has 0 radical (unpaired) electrons. The topological polar surface area (TPSA) is 198 Å². The molecule has 0 unspecified atom stereocenters. The van der Waals surface area contributed by atoms with Crippen LogP contribution in [-0.2, 0) is 9.59 Å². The fourth-order valence-corrected chi connectivity index (χ4v) is 2.39. The molecule has 0 heterocycles. The number of carboxylic acids is 2. The Labute approximate surface area is 181 Å². The molecule has 0 aromatic heterocycles. The Kier molecular flexibility index (Phi) is 8.51. The SMILES string of the molecule is O=C(N[C@@H](CO)C(=O)O)c1cccc(N=Nc2cccc(C(=O)N[C@@H](CO)C(=O)O)c2)c1. The maximum atomic E-state index is 12.2. The van der Waals surface area contributed by atoms with Crippen molar-refractivity contribution in [3.8, 4) is 0 Å². The molecule has 0 saturated carbocycles. The van der Waals surface area contributed by atoms with E-state index < -0.39 is 49.1 Å². The van der Waals surface area contributed by atoms with Crippen molar-refractivity contribution in [3.63, 3.8) is 0 Å². The van der Waals surface area contributed by atoms with Crippen LogP contribution < -0.4 is 10.6 Å². The molecule has 2 atom stereocenters. The predicted octanol–water partition coefficient (Wildman–Crippen LogP) is 0.453. The first-order valence-corrected chi connectivity index (χ1v) is 9.16. The molecule has 2 aromatic carbocycles. The zero-order valence-electron chi connectivity index (χ0n) is 16.5. The minimum Gasteiger partial charge on any atom is -0.480 e. The van der Waals surface area contributed by atoms with Crippen LogP contribution in [-0.4, -0.2) is 69.5 Å². The van der Waals surface area contributed by atoms with Gasteiger partial charge in [-0.2, -0.15) is 10.2 Å². The van der Waals surface area contributed by atoms with Crippen molar-refractivity contribution in [1.29, 1.82) is 0 Å². The molecule has 12 heteroatoms. The number of aliphatic carboxylic acids is 2. The average Bonchev–Trinajstić information content (AvgIpc) is 2.79. The molecule has 0 aliphatic heterocycles. The number of amides is 2. The summed E-state index contributed by atoms with van der Waals surface area (Å²) in [5.41, 5.74) is 0.709. The van der Waals surface area contributed by atoms with Crippen LogP contribution in [0.3, 0.4) is 0 Å².